The van der Waals surface area contributed by atoms with Gasteiger partial charge in [-0.1, -0.05) is 0 Å². The first-order valence-corrected chi connectivity index (χ1v) is 10.9. The average molecular weight is 421 g/mol. The number of nitrogens with zero attached hydrogens (tertiary/aromatic N) is 5. The van der Waals surface area contributed by atoms with E-state index in [2.05, 4.69) is 25.3 Å². The van der Waals surface area contributed by atoms with Crippen LogP contribution in [-0.2, 0) is 22.9 Å². The largest absolute Gasteiger partial charge is 0.360 e. The summed E-state index contributed by atoms with van der Waals surface area (Å²) in [7, 11) is -3.31. The predicted molar refractivity (Wildman–Crippen MR) is 104 cm³/mol. The van der Waals surface area contributed by atoms with Crippen LogP contribution in [0.5, 0.6) is 0 Å². The van der Waals surface area contributed by atoms with Gasteiger partial charge in [0.15, 0.2) is 21.3 Å². The van der Waals surface area contributed by atoms with E-state index in [4.69, 9.17) is 11.6 Å². The smallest absolute Gasteiger partial charge is 0.294 e. The third-order valence-corrected chi connectivity index (χ3v) is 5.74. The van der Waals surface area contributed by atoms with Gasteiger partial charge in [0.1, 0.15) is 5.52 Å². The maximum absolute atomic E-state index is 12.9. The van der Waals surface area contributed by atoms with E-state index in [-0.39, 0.29) is 28.1 Å². The van der Waals surface area contributed by atoms with Crippen molar-refractivity contribution < 1.29 is 8.42 Å². The minimum atomic E-state index is -3.31. The summed E-state index contributed by atoms with van der Waals surface area (Å²) in [5.74, 6) is 0.614. The quantitative estimate of drug-likeness (QED) is 0.598. The van der Waals surface area contributed by atoms with E-state index in [1.165, 1.54) is 18.5 Å². The van der Waals surface area contributed by atoms with Crippen molar-refractivity contribution in [3.05, 3.63) is 45.9 Å². The number of hydrogen-bond acceptors (Lipinski definition) is 8. The highest BCUT2D eigenvalue weighted by molar-refractivity contribution is 7.90. The Morgan fingerprint density at radius 1 is 1.21 bits per heavy atom. The Balaban J connectivity index is 1.64. The lowest BCUT2D eigenvalue weighted by molar-refractivity contribution is 0.601. The van der Waals surface area contributed by atoms with Crippen LogP contribution in [0.25, 0.3) is 11.2 Å². The Bertz CT molecular complexity index is 1210. The van der Waals surface area contributed by atoms with Crippen molar-refractivity contribution in [2.45, 2.75) is 30.8 Å². The van der Waals surface area contributed by atoms with Gasteiger partial charge in [-0.15, -0.1) is 0 Å². The van der Waals surface area contributed by atoms with Crippen LogP contribution in [-0.4, -0.2) is 39.2 Å². The number of nitrogens with one attached hydrogen (secondary N) is 1. The van der Waals surface area contributed by atoms with E-state index in [1.807, 2.05) is 0 Å². The van der Waals surface area contributed by atoms with Gasteiger partial charge in [0, 0.05) is 19.0 Å². The standard InChI is InChI=1S/C17H17ClN6O3S/c1-28(26,27)12-5-4-11(19-7-12)6-20-14-16(25)24(9-10-2-3-10)15-13(22-14)8-21-17(18)23-15/h4-5,7-8,10H,2-3,6,9H2,1H3,(H,20,22). The Morgan fingerprint density at radius 3 is 2.64 bits per heavy atom. The van der Waals surface area contributed by atoms with Gasteiger partial charge < -0.3 is 5.32 Å². The highest BCUT2D eigenvalue weighted by Gasteiger charge is 2.24. The number of pyridine rings is 1. The normalized spacial score (nSPS) is 14.4. The van der Waals surface area contributed by atoms with E-state index in [9.17, 15) is 13.2 Å². The SMILES string of the molecule is CS(=O)(=O)c1ccc(CNc2nc3cnc(Cl)nc3n(CC3CC3)c2=O)nc1. The Kier molecular flexibility index (Phi) is 4.76. The summed E-state index contributed by atoms with van der Waals surface area (Å²) in [6.07, 6.45) is 6.06. The molecule has 1 aliphatic rings. The Morgan fingerprint density at radius 2 is 2.00 bits per heavy atom. The zero-order chi connectivity index (χ0) is 19.9. The first kappa shape index (κ1) is 18.8. The molecule has 3 aromatic heterocycles. The molecule has 0 radical (unpaired) electrons. The monoisotopic (exact) mass is 420 g/mol. The van der Waals surface area contributed by atoms with Crippen molar-refractivity contribution in [1.82, 2.24) is 24.5 Å². The lowest BCUT2D eigenvalue weighted by Crippen LogP contribution is -2.27. The zero-order valence-electron chi connectivity index (χ0n) is 15.0. The van der Waals surface area contributed by atoms with Crippen molar-refractivity contribution in [3.63, 3.8) is 0 Å². The number of aromatic nitrogens is 5. The van der Waals surface area contributed by atoms with E-state index in [0.29, 0.717) is 29.3 Å². The molecule has 0 saturated heterocycles. The number of anilines is 1. The molecule has 3 aromatic rings. The van der Waals surface area contributed by atoms with E-state index < -0.39 is 9.84 Å². The predicted octanol–water partition coefficient (Wildman–Crippen LogP) is 1.66. The molecular weight excluding hydrogens is 404 g/mol. The topological polar surface area (TPSA) is 120 Å². The van der Waals surface area contributed by atoms with Gasteiger partial charge in [0.25, 0.3) is 5.56 Å². The summed E-state index contributed by atoms with van der Waals surface area (Å²) < 4.78 is 24.6. The number of rotatable bonds is 6. The number of fused-ring (bicyclic) bond motifs is 1. The first-order chi connectivity index (χ1) is 13.3. The van der Waals surface area contributed by atoms with Crippen LogP contribution in [0, 0.1) is 5.92 Å². The molecular formula is C17H17ClN6O3S. The Labute approximate surface area is 165 Å². The second kappa shape index (κ2) is 7.10. The third kappa shape index (κ3) is 3.97. The summed E-state index contributed by atoms with van der Waals surface area (Å²) in [4.78, 5) is 29.6. The van der Waals surface area contributed by atoms with Gasteiger partial charge in [-0.3, -0.25) is 14.3 Å². The van der Waals surface area contributed by atoms with Crippen LogP contribution >= 0.6 is 11.6 Å². The van der Waals surface area contributed by atoms with Crippen molar-refractivity contribution in [3.8, 4) is 0 Å². The van der Waals surface area contributed by atoms with Crippen molar-refractivity contribution in [1.29, 1.82) is 0 Å². The first-order valence-electron chi connectivity index (χ1n) is 8.63. The lowest BCUT2D eigenvalue weighted by Gasteiger charge is -2.12. The molecule has 0 unspecified atom stereocenters. The minimum absolute atomic E-state index is 0.0640. The van der Waals surface area contributed by atoms with Crippen molar-refractivity contribution in [2.75, 3.05) is 11.6 Å². The summed E-state index contributed by atoms with van der Waals surface area (Å²) in [6, 6.07) is 3.07. The molecule has 0 aliphatic heterocycles. The van der Waals surface area contributed by atoms with Crippen LogP contribution in [0.4, 0.5) is 5.82 Å². The van der Waals surface area contributed by atoms with Gasteiger partial charge in [0.05, 0.1) is 23.3 Å². The Hall–Kier alpha value is -2.59. The lowest BCUT2D eigenvalue weighted by atomic mass is 10.3. The molecule has 1 fully saturated rings. The number of halogens is 1. The van der Waals surface area contributed by atoms with Crippen LogP contribution < -0.4 is 10.9 Å². The molecule has 1 aliphatic carbocycles. The van der Waals surface area contributed by atoms with Crippen LogP contribution in [0.1, 0.15) is 18.5 Å². The molecule has 11 heteroatoms. The fourth-order valence-corrected chi connectivity index (χ4v) is 3.46. The fourth-order valence-electron chi connectivity index (χ4n) is 2.77. The number of hydrogen-bond donors (Lipinski definition) is 1. The average Bonchev–Trinajstić information content (AvgIpc) is 3.47. The van der Waals surface area contributed by atoms with Gasteiger partial charge in [-0.25, -0.2) is 18.4 Å². The third-order valence-electron chi connectivity index (χ3n) is 4.46. The minimum Gasteiger partial charge on any atom is -0.360 e. The van der Waals surface area contributed by atoms with Gasteiger partial charge in [0.2, 0.25) is 5.28 Å². The van der Waals surface area contributed by atoms with E-state index in [0.717, 1.165) is 19.1 Å². The summed E-state index contributed by atoms with van der Waals surface area (Å²) in [5.41, 5.74) is 1.17. The maximum Gasteiger partial charge on any atom is 0.294 e. The molecule has 1 N–H and O–H groups in total. The molecule has 3 heterocycles. The molecule has 146 valence electrons. The van der Waals surface area contributed by atoms with Gasteiger partial charge >= 0.3 is 0 Å². The molecule has 0 amide bonds. The molecule has 1 saturated carbocycles. The van der Waals surface area contributed by atoms with Crippen LogP contribution in [0.3, 0.4) is 0 Å². The van der Waals surface area contributed by atoms with E-state index >= 15 is 0 Å². The highest BCUT2D eigenvalue weighted by atomic mass is 35.5. The second-order valence-electron chi connectivity index (χ2n) is 6.78. The molecule has 0 bridgehead atoms. The molecule has 0 aromatic carbocycles. The molecule has 9 nitrogen and oxygen atoms in total. The molecule has 0 atom stereocenters. The maximum atomic E-state index is 12.9. The van der Waals surface area contributed by atoms with E-state index in [1.54, 1.807) is 10.6 Å². The summed E-state index contributed by atoms with van der Waals surface area (Å²) in [6.45, 7) is 0.775. The van der Waals surface area contributed by atoms with Crippen molar-refractivity contribution >= 4 is 38.4 Å². The second-order valence-corrected chi connectivity index (χ2v) is 9.13. The zero-order valence-corrected chi connectivity index (χ0v) is 16.5. The molecule has 4 rings (SSSR count). The fraction of sp³-hybridized carbons (Fsp3) is 0.353. The van der Waals surface area contributed by atoms with Gasteiger partial charge in [-0.2, -0.15) is 4.98 Å². The van der Waals surface area contributed by atoms with Crippen LogP contribution in [0.15, 0.2) is 34.2 Å². The summed E-state index contributed by atoms with van der Waals surface area (Å²) in [5, 5.41) is 3.05. The van der Waals surface area contributed by atoms with Gasteiger partial charge in [-0.05, 0) is 42.5 Å². The molecule has 28 heavy (non-hydrogen) atoms. The number of sulfone groups is 1. The van der Waals surface area contributed by atoms with Crippen LogP contribution in [0.2, 0.25) is 5.28 Å². The molecule has 0 spiro atoms. The summed E-state index contributed by atoms with van der Waals surface area (Å²) >= 11 is 5.89. The van der Waals surface area contributed by atoms with Crippen molar-refractivity contribution in [2.24, 2.45) is 5.92 Å². The highest BCUT2D eigenvalue weighted by Crippen LogP contribution is 2.31.